The van der Waals surface area contributed by atoms with Crippen LogP contribution in [0.1, 0.15) is 33.6 Å². The zero-order chi connectivity index (χ0) is 11.0. The van der Waals surface area contributed by atoms with Crippen molar-refractivity contribution < 1.29 is 4.74 Å². The van der Waals surface area contributed by atoms with Gasteiger partial charge >= 0.3 is 0 Å². The molecule has 0 aromatic rings. The average molecular weight is 202 g/mol. The van der Waals surface area contributed by atoms with E-state index in [1.165, 1.54) is 6.42 Å². The Labute approximate surface area is 88.6 Å². The molecule has 0 heterocycles. The van der Waals surface area contributed by atoms with E-state index in [1.54, 1.807) is 7.11 Å². The normalized spacial score (nSPS) is 15.9. The van der Waals surface area contributed by atoms with Crippen LogP contribution in [0.3, 0.4) is 0 Å². The van der Waals surface area contributed by atoms with Gasteiger partial charge < -0.3 is 10.5 Å². The van der Waals surface area contributed by atoms with Crippen molar-refractivity contribution in [3.8, 4) is 0 Å². The molecule has 0 rings (SSSR count). The Bertz CT molecular complexity index is 141. The lowest BCUT2D eigenvalue weighted by atomic mass is 9.94. The van der Waals surface area contributed by atoms with E-state index in [4.69, 9.17) is 10.5 Å². The lowest BCUT2D eigenvalue weighted by Gasteiger charge is -2.40. The first-order valence-electron chi connectivity index (χ1n) is 5.58. The van der Waals surface area contributed by atoms with Crippen LogP contribution in [0.2, 0.25) is 0 Å². The van der Waals surface area contributed by atoms with Gasteiger partial charge in [0.15, 0.2) is 0 Å². The Balaban J connectivity index is 4.26. The Morgan fingerprint density at radius 3 is 2.36 bits per heavy atom. The molecule has 0 aliphatic rings. The van der Waals surface area contributed by atoms with Gasteiger partial charge in [-0.1, -0.05) is 20.3 Å². The highest BCUT2D eigenvalue weighted by Gasteiger charge is 2.27. The van der Waals surface area contributed by atoms with Crippen molar-refractivity contribution in [2.75, 3.05) is 33.4 Å². The Morgan fingerprint density at radius 2 is 2.00 bits per heavy atom. The Morgan fingerprint density at radius 1 is 1.36 bits per heavy atom. The quantitative estimate of drug-likeness (QED) is 0.648. The van der Waals surface area contributed by atoms with Crippen molar-refractivity contribution in [3.63, 3.8) is 0 Å². The van der Waals surface area contributed by atoms with Gasteiger partial charge in [-0.2, -0.15) is 0 Å². The number of rotatable bonds is 8. The fourth-order valence-electron chi connectivity index (χ4n) is 1.94. The maximum atomic E-state index is 5.86. The molecular weight excluding hydrogens is 176 g/mol. The summed E-state index contributed by atoms with van der Waals surface area (Å²) in [6.07, 6.45) is 2.33. The van der Waals surface area contributed by atoms with Crippen LogP contribution in [0, 0.1) is 0 Å². The molecule has 86 valence electrons. The standard InChI is InChI=1S/C11H26N2O/c1-5-7-11(3,10-12)13(6-2)8-9-14-4/h5-10,12H2,1-4H3. The largest absolute Gasteiger partial charge is 0.383 e. The van der Waals surface area contributed by atoms with Crippen LogP contribution in [0.25, 0.3) is 0 Å². The van der Waals surface area contributed by atoms with Crippen LogP contribution < -0.4 is 5.73 Å². The van der Waals surface area contributed by atoms with Gasteiger partial charge in [0.25, 0.3) is 0 Å². The van der Waals surface area contributed by atoms with Crippen molar-refractivity contribution in [2.45, 2.75) is 39.2 Å². The van der Waals surface area contributed by atoms with Gasteiger partial charge in [-0.3, -0.25) is 4.90 Å². The van der Waals surface area contributed by atoms with E-state index in [1.807, 2.05) is 0 Å². The van der Waals surface area contributed by atoms with Crippen molar-refractivity contribution in [3.05, 3.63) is 0 Å². The minimum absolute atomic E-state index is 0.141. The number of methoxy groups -OCH3 is 1. The second kappa shape index (κ2) is 7.21. The lowest BCUT2D eigenvalue weighted by Crippen LogP contribution is -2.52. The van der Waals surface area contributed by atoms with Crippen LogP contribution in [-0.4, -0.2) is 43.8 Å². The third-order valence-electron chi connectivity index (χ3n) is 2.94. The second-order valence-electron chi connectivity index (χ2n) is 4.02. The summed E-state index contributed by atoms with van der Waals surface area (Å²) in [6, 6.07) is 0. The van der Waals surface area contributed by atoms with Crippen LogP contribution in [0.15, 0.2) is 0 Å². The molecule has 0 amide bonds. The van der Waals surface area contributed by atoms with Crippen LogP contribution in [-0.2, 0) is 4.74 Å². The van der Waals surface area contributed by atoms with E-state index < -0.39 is 0 Å². The monoisotopic (exact) mass is 202 g/mol. The number of likely N-dealkylation sites (N-methyl/N-ethyl adjacent to an activating group) is 1. The molecule has 0 aliphatic heterocycles. The Kier molecular flexibility index (Phi) is 7.15. The zero-order valence-corrected chi connectivity index (χ0v) is 10.2. The highest BCUT2D eigenvalue weighted by molar-refractivity contribution is 4.86. The highest BCUT2D eigenvalue weighted by Crippen LogP contribution is 2.19. The third kappa shape index (κ3) is 3.95. The maximum absolute atomic E-state index is 5.86. The van der Waals surface area contributed by atoms with Crippen LogP contribution >= 0.6 is 0 Å². The molecule has 0 radical (unpaired) electrons. The van der Waals surface area contributed by atoms with Crippen molar-refractivity contribution in [1.82, 2.24) is 4.90 Å². The smallest absolute Gasteiger partial charge is 0.0589 e. The molecule has 0 spiro atoms. The van der Waals surface area contributed by atoms with Gasteiger partial charge in [0.1, 0.15) is 0 Å². The number of ether oxygens (including phenoxy) is 1. The van der Waals surface area contributed by atoms with Gasteiger partial charge in [-0.15, -0.1) is 0 Å². The van der Waals surface area contributed by atoms with Gasteiger partial charge in [0.05, 0.1) is 6.61 Å². The molecule has 1 atom stereocenters. The van der Waals surface area contributed by atoms with Gasteiger partial charge in [0, 0.05) is 25.7 Å². The predicted octanol–water partition coefficient (Wildman–Crippen LogP) is 1.47. The van der Waals surface area contributed by atoms with E-state index in [9.17, 15) is 0 Å². The molecule has 0 fully saturated rings. The highest BCUT2D eigenvalue weighted by atomic mass is 16.5. The first kappa shape index (κ1) is 13.9. The van der Waals surface area contributed by atoms with E-state index >= 15 is 0 Å². The van der Waals surface area contributed by atoms with E-state index in [-0.39, 0.29) is 5.54 Å². The fourth-order valence-corrected chi connectivity index (χ4v) is 1.94. The van der Waals surface area contributed by atoms with Crippen LogP contribution in [0.5, 0.6) is 0 Å². The number of nitrogens with zero attached hydrogens (tertiary/aromatic N) is 1. The van der Waals surface area contributed by atoms with Crippen molar-refractivity contribution in [1.29, 1.82) is 0 Å². The van der Waals surface area contributed by atoms with E-state index in [0.29, 0.717) is 0 Å². The predicted molar refractivity (Wildman–Crippen MR) is 61.5 cm³/mol. The molecular formula is C11H26N2O. The summed E-state index contributed by atoms with van der Waals surface area (Å²) in [5.74, 6) is 0. The summed E-state index contributed by atoms with van der Waals surface area (Å²) in [5.41, 5.74) is 6.00. The SMILES string of the molecule is CCCC(C)(CN)N(CC)CCOC. The summed E-state index contributed by atoms with van der Waals surface area (Å²) in [4.78, 5) is 2.42. The second-order valence-corrected chi connectivity index (χ2v) is 4.02. The van der Waals surface area contributed by atoms with E-state index in [0.717, 1.165) is 32.7 Å². The third-order valence-corrected chi connectivity index (χ3v) is 2.94. The molecule has 0 saturated carbocycles. The number of hydrogen-bond donors (Lipinski definition) is 1. The number of nitrogens with two attached hydrogens (primary N) is 1. The fraction of sp³-hybridized carbons (Fsp3) is 1.00. The van der Waals surface area contributed by atoms with Crippen LogP contribution in [0.4, 0.5) is 0 Å². The summed E-state index contributed by atoms with van der Waals surface area (Å²) >= 11 is 0. The van der Waals surface area contributed by atoms with Gasteiger partial charge in [-0.05, 0) is 19.9 Å². The van der Waals surface area contributed by atoms with Gasteiger partial charge in [0.2, 0.25) is 0 Å². The summed E-state index contributed by atoms with van der Waals surface area (Å²) < 4.78 is 5.11. The molecule has 0 aromatic heterocycles. The first-order chi connectivity index (χ1) is 6.64. The average Bonchev–Trinajstić information content (AvgIpc) is 2.19. The van der Waals surface area contributed by atoms with Crippen molar-refractivity contribution in [2.24, 2.45) is 5.73 Å². The Hall–Kier alpha value is -0.120. The molecule has 3 heteroatoms. The summed E-state index contributed by atoms with van der Waals surface area (Å²) in [7, 11) is 1.74. The minimum Gasteiger partial charge on any atom is -0.383 e. The first-order valence-corrected chi connectivity index (χ1v) is 5.58. The molecule has 1 unspecified atom stereocenters. The molecule has 2 N–H and O–H groups in total. The topological polar surface area (TPSA) is 38.5 Å². The molecule has 0 saturated heterocycles. The lowest BCUT2D eigenvalue weighted by molar-refractivity contribution is 0.0693. The van der Waals surface area contributed by atoms with Gasteiger partial charge in [-0.25, -0.2) is 0 Å². The summed E-state index contributed by atoms with van der Waals surface area (Å²) in [6.45, 7) is 10.1. The molecule has 0 bridgehead atoms. The van der Waals surface area contributed by atoms with Crippen molar-refractivity contribution >= 4 is 0 Å². The maximum Gasteiger partial charge on any atom is 0.0589 e. The minimum atomic E-state index is 0.141. The summed E-state index contributed by atoms with van der Waals surface area (Å²) in [5, 5.41) is 0. The number of hydrogen-bond acceptors (Lipinski definition) is 3. The zero-order valence-electron chi connectivity index (χ0n) is 10.2. The molecule has 3 nitrogen and oxygen atoms in total. The molecule has 0 aromatic carbocycles. The molecule has 14 heavy (non-hydrogen) atoms. The van der Waals surface area contributed by atoms with E-state index in [2.05, 4.69) is 25.7 Å². The molecule has 0 aliphatic carbocycles.